The number of benzene rings is 1. The Morgan fingerprint density at radius 1 is 1.19 bits per heavy atom. The number of carbonyl (C=O) groups excluding carboxylic acids is 2. The molecule has 116 valence electrons. The second-order valence-electron chi connectivity index (χ2n) is 4.57. The van der Waals surface area contributed by atoms with Crippen molar-refractivity contribution in [2.24, 2.45) is 0 Å². The lowest BCUT2D eigenvalue weighted by molar-refractivity contribution is -0.186. The van der Waals surface area contributed by atoms with E-state index in [0.717, 1.165) is 11.1 Å². The summed E-state index contributed by atoms with van der Waals surface area (Å²) < 4.78 is 39.5. The minimum Gasteiger partial charge on any atom is -0.456 e. The molecule has 0 aliphatic carbocycles. The predicted molar refractivity (Wildman–Crippen MR) is 70.8 cm³/mol. The molecule has 0 fully saturated rings. The van der Waals surface area contributed by atoms with Gasteiger partial charge in [0, 0.05) is 12.1 Å². The first-order valence-electron chi connectivity index (χ1n) is 6.27. The molecule has 1 amide bonds. The summed E-state index contributed by atoms with van der Waals surface area (Å²) in [5, 5.41) is 2.61. The van der Waals surface area contributed by atoms with Crippen LogP contribution in [-0.4, -0.2) is 24.7 Å². The molecule has 21 heavy (non-hydrogen) atoms. The number of esters is 1. The Balaban J connectivity index is 2.41. The summed E-state index contributed by atoms with van der Waals surface area (Å²) in [4.78, 5) is 22.7. The van der Waals surface area contributed by atoms with E-state index in [4.69, 9.17) is 0 Å². The van der Waals surface area contributed by atoms with Crippen molar-refractivity contribution in [2.45, 2.75) is 32.9 Å². The number of hydrogen-bond donors (Lipinski definition) is 1. The number of nitrogens with one attached hydrogen (secondary N) is 1. The normalized spacial score (nSPS) is 11.1. The highest BCUT2D eigenvalue weighted by molar-refractivity contribution is 5.93. The van der Waals surface area contributed by atoms with E-state index in [9.17, 15) is 22.8 Å². The second kappa shape index (κ2) is 7.10. The fourth-order valence-electron chi connectivity index (χ4n) is 1.55. The molecule has 0 spiro atoms. The van der Waals surface area contributed by atoms with Gasteiger partial charge in [-0.3, -0.25) is 9.59 Å². The zero-order valence-corrected chi connectivity index (χ0v) is 11.7. The van der Waals surface area contributed by atoms with E-state index in [-0.39, 0.29) is 6.42 Å². The monoisotopic (exact) mass is 303 g/mol. The van der Waals surface area contributed by atoms with E-state index in [1.54, 1.807) is 12.1 Å². The summed E-state index contributed by atoms with van der Waals surface area (Å²) in [6.45, 7) is 2.09. The van der Waals surface area contributed by atoms with E-state index in [1.165, 1.54) is 0 Å². The number of halogens is 3. The number of carbonyl (C=O) groups is 2. The van der Waals surface area contributed by atoms with Crippen molar-refractivity contribution in [3.05, 3.63) is 29.3 Å². The highest BCUT2D eigenvalue weighted by atomic mass is 19.4. The molecule has 0 saturated heterocycles. The SMILES string of the molecule is Cc1cccc(NC(=O)CCC(=O)OCC(F)(F)F)c1C. The van der Waals surface area contributed by atoms with Crippen LogP contribution >= 0.6 is 0 Å². The molecular formula is C14H16F3NO3. The molecular weight excluding hydrogens is 287 g/mol. The maximum absolute atomic E-state index is 11.8. The molecule has 1 aromatic carbocycles. The van der Waals surface area contributed by atoms with Gasteiger partial charge in [-0.15, -0.1) is 0 Å². The van der Waals surface area contributed by atoms with Crippen molar-refractivity contribution in [1.82, 2.24) is 0 Å². The van der Waals surface area contributed by atoms with Gasteiger partial charge >= 0.3 is 12.1 Å². The smallest absolute Gasteiger partial charge is 0.422 e. The van der Waals surface area contributed by atoms with Gasteiger partial charge in [-0.05, 0) is 31.0 Å². The standard InChI is InChI=1S/C14H16F3NO3/c1-9-4-3-5-11(10(9)2)18-12(19)6-7-13(20)21-8-14(15,16)17/h3-5H,6-8H2,1-2H3,(H,18,19). The Bertz CT molecular complexity index is 527. The Kier molecular flexibility index (Phi) is 5.75. The summed E-state index contributed by atoms with van der Waals surface area (Å²) in [5.41, 5.74) is 2.51. The maximum atomic E-state index is 11.8. The molecule has 7 heteroatoms. The number of amides is 1. The molecule has 0 aliphatic rings. The van der Waals surface area contributed by atoms with Crippen LogP contribution in [0, 0.1) is 13.8 Å². The highest BCUT2D eigenvalue weighted by Gasteiger charge is 2.29. The maximum Gasteiger partial charge on any atom is 0.422 e. The largest absolute Gasteiger partial charge is 0.456 e. The number of aryl methyl sites for hydroxylation is 1. The third-order valence-corrected chi connectivity index (χ3v) is 2.83. The van der Waals surface area contributed by atoms with Gasteiger partial charge in [0.15, 0.2) is 6.61 Å². The fraction of sp³-hybridized carbons (Fsp3) is 0.429. The third-order valence-electron chi connectivity index (χ3n) is 2.83. The van der Waals surface area contributed by atoms with Crippen LogP contribution in [0.5, 0.6) is 0 Å². The fourth-order valence-corrected chi connectivity index (χ4v) is 1.55. The Hall–Kier alpha value is -2.05. The van der Waals surface area contributed by atoms with Gasteiger partial charge in [-0.25, -0.2) is 0 Å². The predicted octanol–water partition coefficient (Wildman–Crippen LogP) is 3.13. The van der Waals surface area contributed by atoms with Crippen molar-refractivity contribution in [1.29, 1.82) is 0 Å². The van der Waals surface area contributed by atoms with Crippen LogP contribution < -0.4 is 5.32 Å². The lowest BCUT2D eigenvalue weighted by atomic mass is 10.1. The number of rotatable bonds is 5. The first-order chi connectivity index (χ1) is 9.69. The van der Waals surface area contributed by atoms with Gasteiger partial charge in [-0.1, -0.05) is 12.1 Å². The van der Waals surface area contributed by atoms with E-state index in [1.807, 2.05) is 19.9 Å². The lowest BCUT2D eigenvalue weighted by Gasteiger charge is -2.10. The van der Waals surface area contributed by atoms with Crippen molar-refractivity contribution in [3.8, 4) is 0 Å². The zero-order valence-electron chi connectivity index (χ0n) is 11.7. The van der Waals surface area contributed by atoms with E-state index in [0.29, 0.717) is 5.69 Å². The van der Waals surface area contributed by atoms with Crippen LogP contribution in [0.25, 0.3) is 0 Å². The van der Waals surface area contributed by atoms with E-state index >= 15 is 0 Å². The Morgan fingerprint density at radius 2 is 1.86 bits per heavy atom. The van der Waals surface area contributed by atoms with Crippen molar-refractivity contribution in [2.75, 3.05) is 11.9 Å². The summed E-state index contributed by atoms with van der Waals surface area (Å²) in [5.74, 6) is -1.50. The van der Waals surface area contributed by atoms with Gasteiger partial charge in [0.05, 0.1) is 6.42 Å². The van der Waals surface area contributed by atoms with Gasteiger partial charge in [0.2, 0.25) is 5.91 Å². The number of alkyl halides is 3. The molecule has 4 nitrogen and oxygen atoms in total. The second-order valence-corrected chi connectivity index (χ2v) is 4.57. The molecule has 0 bridgehead atoms. The topological polar surface area (TPSA) is 55.4 Å². The molecule has 0 radical (unpaired) electrons. The van der Waals surface area contributed by atoms with Crippen LogP contribution in [0.1, 0.15) is 24.0 Å². The molecule has 0 saturated carbocycles. The first-order valence-corrected chi connectivity index (χ1v) is 6.27. The van der Waals surface area contributed by atoms with Crippen molar-refractivity contribution >= 4 is 17.6 Å². The van der Waals surface area contributed by atoms with Crippen molar-refractivity contribution < 1.29 is 27.5 Å². The van der Waals surface area contributed by atoms with Crippen LogP contribution in [0.3, 0.4) is 0 Å². The number of hydrogen-bond acceptors (Lipinski definition) is 3. The molecule has 0 heterocycles. The van der Waals surface area contributed by atoms with Crippen molar-refractivity contribution in [3.63, 3.8) is 0 Å². The van der Waals surface area contributed by atoms with E-state index < -0.39 is 31.1 Å². The van der Waals surface area contributed by atoms with Crippen LogP contribution in [0.2, 0.25) is 0 Å². The molecule has 0 aliphatic heterocycles. The van der Waals surface area contributed by atoms with Crippen LogP contribution in [0.4, 0.5) is 18.9 Å². The Morgan fingerprint density at radius 3 is 2.48 bits per heavy atom. The summed E-state index contributed by atoms with van der Waals surface area (Å²) in [7, 11) is 0. The molecule has 1 aromatic rings. The van der Waals surface area contributed by atoms with Gasteiger partial charge in [0.25, 0.3) is 0 Å². The third kappa shape index (κ3) is 6.29. The van der Waals surface area contributed by atoms with Gasteiger partial charge in [-0.2, -0.15) is 13.2 Å². The van der Waals surface area contributed by atoms with Crippen LogP contribution in [0.15, 0.2) is 18.2 Å². The van der Waals surface area contributed by atoms with Crippen LogP contribution in [-0.2, 0) is 14.3 Å². The quantitative estimate of drug-likeness (QED) is 0.850. The van der Waals surface area contributed by atoms with E-state index in [2.05, 4.69) is 10.1 Å². The summed E-state index contributed by atoms with van der Waals surface area (Å²) in [6, 6.07) is 5.37. The molecule has 0 unspecified atom stereocenters. The average molecular weight is 303 g/mol. The zero-order chi connectivity index (χ0) is 16.0. The number of anilines is 1. The van der Waals surface area contributed by atoms with Gasteiger partial charge < -0.3 is 10.1 Å². The highest BCUT2D eigenvalue weighted by Crippen LogP contribution is 2.18. The first kappa shape index (κ1) is 17.0. The van der Waals surface area contributed by atoms with Gasteiger partial charge in [0.1, 0.15) is 0 Å². The molecule has 1 rings (SSSR count). The molecule has 0 atom stereocenters. The lowest BCUT2D eigenvalue weighted by Crippen LogP contribution is -2.21. The summed E-state index contributed by atoms with van der Waals surface area (Å²) in [6.07, 6.45) is -5.19. The molecule has 1 N–H and O–H groups in total. The minimum absolute atomic E-state index is 0.232. The minimum atomic E-state index is -4.56. The Labute approximate surface area is 120 Å². The number of ether oxygens (including phenoxy) is 1. The molecule has 0 aromatic heterocycles. The average Bonchev–Trinajstić information content (AvgIpc) is 2.38. The summed E-state index contributed by atoms with van der Waals surface area (Å²) >= 11 is 0.